The molecule has 1 N–H and O–H groups in total. The lowest BCUT2D eigenvalue weighted by Crippen LogP contribution is -2.31. The molecular weight excluding hydrogens is 398 g/mol. The molecule has 0 saturated carbocycles. The normalized spacial score (nSPS) is 12.0. The lowest BCUT2D eigenvalue weighted by molar-refractivity contribution is -0.122. The number of anilines is 1. The highest BCUT2D eigenvalue weighted by Crippen LogP contribution is 2.25. The van der Waals surface area contributed by atoms with E-state index >= 15 is 0 Å². The Kier molecular flexibility index (Phi) is 5.41. The predicted octanol–water partition coefficient (Wildman–Crippen LogP) is 3.57. The molecule has 0 radical (unpaired) electrons. The Morgan fingerprint density at radius 1 is 1.31 bits per heavy atom. The fourth-order valence-corrected chi connectivity index (χ4v) is 2.83. The Bertz CT molecular complexity index is 904. The Hall–Kier alpha value is -2.61. The minimum absolute atomic E-state index is 0.263. The summed E-state index contributed by atoms with van der Waals surface area (Å²) < 4.78 is 9.85. The molecule has 3 rings (SSSR count). The van der Waals surface area contributed by atoms with Gasteiger partial charge in [0, 0.05) is 18.8 Å². The Morgan fingerprint density at radius 2 is 2.04 bits per heavy atom. The van der Waals surface area contributed by atoms with Crippen molar-refractivity contribution >= 4 is 27.7 Å². The Morgan fingerprint density at radius 3 is 2.73 bits per heavy atom. The molecule has 0 aliphatic rings. The second-order valence-electron chi connectivity index (χ2n) is 5.80. The van der Waals surface area contributed by atoms with Crippen LogP contribution < -0.4 is 10.1 Å². The number of aryl methyl sites for hydroxylation is 2. The summed E-state index contributed by atoms with van der Waals surface area (Å²) in [5.41, 5.74) is 1.75. The second kappa shape index (κ2) is 7.74. The van der Waals surface area contributed by atoms with Gasteiger partial charge < -0.3 is 10.1 Å². The molecule has 2 aromatic heterocycles. The Labute approximate surface area is 160 Å². The largest absolute Gasteiger partial charge is 0.463 e. The monoisotopic (exact) mass is 417 g/mol. The molecule has 8 heteroatoms. The number of nitrogens with zero attached hydrogens (tertiary/aromatic N) is 4. The van der Waals surface area contributed by atoms with Gasteiger partial charge in [-0.2, -0.15) is 5.10 Å². The van der Waals surface area contributed by atoms with Gasteiger partial charge in [-0.3, -0.25) is 4.79 Å². The van der Waals surface area contributed by atoms with Gasteiger partial charge in [0.05, 0.1) is 15.9 Å². The number of carbonyl (C=O) groups excluding carboxylic acids is 1. The van der Waals surface area contributed by atoms with Crippen molar-refractivity contribution in [2.24, 2.45) is 0 Å². The number of rotatable bonds is 6. The van der Waals surface area contributed by atoms with Crippen LogP contribution in [-0.4, -0.2) is 31.6 Å². The van der Waals surface area contributed by atoms with Crippen LogP contribution in [0.15, 0.2) is 47.1 Å². The molecule has 0 aliphatic heterocycles. The highest BCUT2D eigenvalue weighted by Gasteiger charge is 2.20. The average molecular weight is 418 g/mol. The molecule has 0 spiro atoms. The first-order valence-corrected chi connectivity index (χ1v) is 9.09. The van der Waals surface area contributed by atoms with Crippen molar-refractivity contribution in [1.82, 2.24) is 19.6 Å². The number of nitrogens with one attached hydrogen (secondary N) is 1. The maximum Gasteiger partial charge on any atom is 0.266 e. The highest BCUT2D eigenvalue weighted by atomic mass is 79.9. The smallest absolute Gasteiger partial charge is 0.266 e. The topological polar surface area (TPSA) is 74.0 Å². The molecule has 1 amide bonds. The van der Waals surface area contributed by atoms with Gasteiger partial charge >= 0.3 is 0 Å². The van der Waals surface area contributed by atoms with E-state index < -0.39 is 6.10 Å². The molecule has 3 aromatic rings. The van der Waals surface area contributed by atoms with Crippen molar-refractivity contribution in [3.05, 3.63) is 52.8 Å². The summed E-state index contributed by atoms with van der Waals surface area (Å²) in [6, 6.07) is 11.5. The lowest BCUT2D eigenvalue weighted by atomic mass is 10.3. The van der Waals surface area contributed by atoms with E-state index in [4.69, 9.17) is 4.74 Å². The summed E-state index contributed by atoms with van der Waals surface area (Å²) in [5, 5.41) is 11.6. The number of ether oxygens (including phenoxy) is 1. The summed E-state index contributed by atoms with van der Waals surface area (Å²) in [5.74, 6) is 0.747. The van der Waals surface area contributed by atoms with Gasteiger partial charge in [0.2, 0.25) is 5.88 Å². The first-order chi connectivity index (χ1) is 12.5. The summed E-state index contributed by atoms with van der Waals surface area (Å²) >= 11 is 3.43. The highest BCUT2D eigenvalue weighted by molar-refractivity contribution is 9.10. The van der Waals surface area contributed by atoms with E-state index in [9.17, 15) is 4.79 Å². The summed E-state index contributed by atoms with van der Waals surface area (Å²) in [6.45, 7) is 6.21. The minimum atomic E-state index is -0.717. The predicted molar refractivity (Wildman–Crippen MR) is 103 cm³/mol. The summed E-state index contributed by atoms with van der Waals surface area (Å²) in [6.07, 6.45) is 1.08. The maximum absolute atomic E-state index is 12.5. The molecule has 1 aromatic carbocycles. The zero-order valence-corrected chi connectivity index (χ0v) is 16.4. The fraction of sp³-hybridized carbons (Fsp3) is 0.278. The van der Waals surface area contributed by atoms with Gasteiger partial charge in [-0.25, -0.2) is 9.36 Å². The molecule has 0 saturated heterocycles. The number of para-hydroxylation sites is 1. The van der Waals surface area contributed by atoms with Crippen molar-refractivity contribution in [2.45, 2.75) is 33.4 Å². The third-order valence-corrected chi connectivity index (χ3v) is 4.31. The quantitative estimate of drug-likeness (QED) is 0.665. The van der Waals surface area contributed by atoms with E-state index in [0.717, 1.165) is 11.4 Å². The SMILES string of the molecule is CCn1nc(C)cc1NC(=O)C(C)Oc1nn(-c2ccccc2)cc1Br. The van der Waals surface area contributed by atoms with Crippen LogP contribution in [0, 0.1) is 6.92 Å². The molecule has 0 bridgehead atoms. The van der Waals surface area contributed by atoms with Crippen molar-refractivity contribution in [3.8, 4) is 11.6 Å². The maximum atomic E-state index is 12.5. The summed E-state index contributed by atoms with van der Waals surface area (Å²) in [7, 11) is 0. The van der Waals surface area contributed by atoms with Gasteiger partial charge in [-0.05, 0) is 48.8 Å². The number of carbonyl (C=O) groups is 1. The van der Waals surface area contributed by atoms with Gasteiger partial charge in [0.25, 0.3) is 5.91 Å². The van der Waals surface area contributed by atoms with Crippen molar-refractivity contribution < 1.29 is 9.53 Å². The van der Waals surface area contributed by atoms with E-state index in [1.807, 2.05) is 50.2 Å². The van der Waals surface area contributed by atoms with Gasteiger partial charge in [0.1, 0.15) is 5.82 Å². The lowest BCUT2D eigenvalue weighted by Gasteiger charge is -2.13. The van der Waals surface area contributed by atoms with Gasteiger partial charge in [-0.15, -0.1) is 5.10 Å². The zero-order chi connectivity index (χ0) is 18.7. The molecule has 1 atom stereocenters. The first kappa shape index (κ1) is 18.2. The third-order valence-electron chi connectivity index (χ3n) is 3.77. The van der Waals surface area contributed by atoms with Crippen LogP contribution >= 0.6 is 15.9 Å². The molecule has 0 fully saturated rings. The van der Waals surface area contributed by atoms with E-state index in [2.05, 4.69) is 31.4 Å². The van der Waals surface area contributed by atoms with Crippen molar-refractivity contribution in [3.63, 3.8) is 0 Å². The molecule has 2 heterocycles. The number of hydrogen-bond donors (Lipinski definition) is 1. The Balaban J connectivity index is 1.70. The van der Waals surface area contributed by atoms with Crippen molar-refractivity contribution in [1.29, 1.82) is 0 Å². The van der Waals surface area contributed by atoms with E-state index in [-0.39, 0.29) is 5.91 Å². The van der Waals surface area contributed by atoms with Crippen LogP contribution in [0.2, 0.25) is 0 Å². The minimum Gasteiger partial charge on any atom is -0.463 e. The van der Waals surface area contributed by atoms with Crippen LogP contribution in [0.3, 0.4) is 0 Å². The standard InChI is InChI=1S/C18H20BrN5O2/c1-4-23-16(10-12(2)21-23)20-17(25)13(3)26-18-15(19)11-24(22-18)14-8-6-5-7-9-14/h5-11,13H,4H2,1-3H3,(H,20,25). The molecule has 0 aliphatic carbocycles. The molecule has 1 unspecified atom stereocenters. The molecule has 7 nitrogen and oxygen atoms in total. The van der Waals surface area contributed by atoms with Gasteiger partial charge in [0.15, 0.2) is 6.10 Å². The van der Waals surface area contributed by atoms with Crippen LogP contribution in [0.5, 0.6) is 5.88 Å². The molecular formula is C18H20BrN5O2. The zero-order valence-electron chi connectivity index (χ0n) is 14.8. The number of halogens is 1. The van der Waals surface area contributed by atoms with Crippen LogP contribution in [0.4, 0.5) is 5.82 Å². The van der Waals surface area contributed by atoms with Crippen molar-refractivity contribution in [2.75, 3.05) is 5.32 Å². The molecule has 26 heavy (non-hydrogen) atoms. The number of amides is 1. The van der Waals surface area contributed by atoms with Gasteiger partial charge in [-0.1, -0.05) is 18.2 Å². The number of benzene rings is 1. The van der Waals surface area contributed by atoms with Crippen LogP contribution in [-0.2, 0) is 11.3 Å². The second-order valence-corrected chi connectivity index (χ2v) is 6.65. The van der Waals surface area contributed by atoms with E-state index in [1.54, 1.807) is 22.5 Å². The average Bonchev–Trinajstić information content (AvgIpc) is 3.18. The number of hydrogen-bond acceptors (Lipinski definition) is 4. The van der Waals surface area contributed by atoms with E-state index in [1.165, 1.54) is 0 Å². The summed E-state index contributed by atoms with van der Waals surface area (Å²) in [4.78, 5) is 12.5. The fourth-order valence-electron chi connectivity index (χ4n) is 2.47. The van der Waals surface area contributed by atoms with E-state index in [0.29, 0.717) is 22.7 Å². The third kappa shape index (κ3) is 3.96. The molecule has 136 valence electrons. The number of aromatic nitrogens is 4. The van der Waals surface area contributed by atoms with Crippen LogP contribution in [0.25, 0.3) is 5.69 Å². The first-order valence-electron chi connectivity index (χ1n) is 8.30. The van der Waals surface area contributed by atoms with Crippen LogP contribution in [0.1, 0.15) is 19.5 Å².